The van der Waals surface area contributed by atoms with Gasteiger partial charge in [-0.1, -0.05) is 44.8 Å². The van der Waals surface area contributed by atoms with Gasteiger partial charge in [0.15, 0.2) is 0 Å². The van der Waals surface area contributed by atoms with Gasteiger partial charge in [-0.3, -0.25) is 4.79 Å². The van der Waals surface area contributed by atoms with E-state index in [9.17, 15) is 4.79 Å². The summed E-state index contributed by atoms with van der Waals surface area (Å²) in [5, 5.41) is 8.43. The molecule has 0 aliphatic carbocycles. The molecule has 15 heavy (non-hydrogen) atoms. The van der Waals surface area contributed by atoms with Crippen LogP contribution in [0.5, 0.6) is 0 Å². The number of hydrogen-bond donors (Lipinski definition) is 1. The van der Waals surface area contributed by atoms with Crippen molar-refractivity contribution in [3.8, 4) is 0 Å². The number of rotatable bonds is 10. The first kappa shape index (κ1) is 14.2. The van der Waals surface area contributed by atoms with Crippen LogP contribution in [0.2, 0.25) is 0 Å². The fourth-order valence-corrected chi connectivity index (χ4v) is 1.47. The minimum atomic E-state index is -0.669. The summed E-state index contributed by atoms with van der Waals surface area (Å²) in [6.07, 6.45) is 14.0. The molecule has 2 heteroatoms. The predicted octanol–water partition coefficient (Wildman–Crippen LogP) is 4.16. The molecule has 2 nitrogen and oxygen atoms in total. The van der Waals surface area contributed by atoms with Crippen molar-refractivity contribution in [2.24, 2.45) is 0 Å². The van der Waals surface area contributed by atoms with Crippen molar-refractivity contribution >= 4 is 5.97 Å². The van der Waals surface area contributed by atoms with Crippen LogP contribution in [0, 0.1) is 0 Å². The first-order valence-electron chi connectivity index (χ1n) is 6.14. The molecule has 0 saturated carbocycles. The molecule has 0 atom stereocenters. The number of unbranched alkanes of at least 4 members (excludes halogenated alkanes) is 6. The summed E-state index contributed by atoms with van der Waals surface area (Å²) < 4.78 is 0. The van der Waals surface area contributed by atoms with E-state index in [0.717, 1.165) is 12.8 Å². The van der Waals surface area contributed by atoms with Gasteiger partial charge in [-0.2, -0.15) is 0 Å². The number of allylic oxidation sites excluding steroid dienone is 2. The van der Waals surface area contributed by atoms with Crippen molar-refractivity contribution in [2.45, 2.75) is 64.7 Å². The van der Waals surface area contributed by atoms with E-state index >= 15 is 0 Å². The third-order valence-electron chi connectivity index (χ3n) is 2.38. The number of carboxylic acid groups (broad SMARTS) is 1. The van der Waals surface area contributed by atoms with Crippen LogP contribution in [0.4, 0.5) is 0 Å². The van der Waals surface area contributed by atoms with Gasteiger partial charge in [0.05, 0.1) is 0 Å². The van der Waals surface area contributed by atoms with E-state index in [4.69, 9.17) is 5.11 Å². The molecule has 0 fully saturated rings. The fraction of sp³-hybridized carbons (Fsp3) is 0.769. The lowest BCUT2D eigenvalue weighted by molar-refractivity contribution is -0.137. The Balaban J connectivity index is 3.01. The van der Waals surface area contributed by atoms with Crippen LogP contribution in [0.3, 0.4) is 0 Å². The predicted molar refractivity (Wildman–Crippen MR) is 64.0 cm³/mol. The zero-order valence-electron chi connectivity index (χ0n) is 9.87. The van der Waals surface area contributed by atoms with Crippen LogP contribution in [-0.4, -0.2) is 11.1 Å². The van der Waals surface area contributed by atoms with Gasteiger partial charge in [0.2, 0.25) is 0 Å². The van der Waals surface area contributed by atoms with Gasteiger partial charge in [-0.15, -0.1) is 0 Å². The number of carbonyl (C=O) groups is 1. The van der Waals surface area contributed by atoms with E-state index in [1.54, 1.807) is 0 Å². The second-order valence-corrected chi connectivity index (χ2v) is 3.96. The summed E-state index contributed by atoms with van der Waals surface area (Å²) in [6, 6.07) is 0. The molecule has 0 aliphatic heterocycles. The molecule has 0 aromatic heterocycles. The largest absolute Gasteiger partial charge is 0.481 e. The molecule has 0 amide bonds. The summed E-state index contributed by atoms with van der Waals surface area (Å²) in [4.78, 5) is 10.2. The van der Waals surface area contributed by atoms with Gasteiger partial charge in [0.25, 0.3) is 0 Å². The molecule has 0 aromatic carbocycles. The topological polar surface area (TPSA) is 37.3 Å². The Morgan fingerprint density at radius 3 is 2.27 bits per heavy atom. The summed E-state index contributed by atoms with van der Waals surface area (Å²) in [5.74, 6) is -0.669. The monoisotopic (exact) mass is 212 g/mol. The fourth-order valence-electron chi connectivity index (χ4n) is 1.47. The summed E-state index contributed by atoms with van der Waals surface area (Å²) in [7, 11) is 0. The normalized spacial score (nSPS) is 11.0. The standard InChI is InChI=1S/C13H24O2/c1-2-3-4-5-6-7-8-9-10-11-12-13(14)15/h4-5H,2-3,6-12H2,1H3,(H,14,15)/b5-4-. The average Bonchev–Trinajstić information content (AvgIpc) is 2.20. The Labute approximate surface area is 93.4 Å². The van der Waals surface area contributed by atoms with Crippen LogP contribution in [-0.2, 0) is 4.79 Å². The molecule has 0 rings (SSSR count). The van der Waals surface area contributed by atoms with Crippen LogP contribution in [0.1, 0.15) is 64.7 Å². The molecule has 0 radical (unpaired) electrons. The van der Waals surface area contributed by atoms with Gasteiger partial charge >= 0.3 is 5.97 Å². The maximum Gasteiger partial charge on any atom is 0.303 e. The number of carboxylic acids is 1. The lowest BCUT2D eigenvalue weighted by Gasteiger charge is -1.98. The van der Waals surface area contributed by atoms with E-state index in [2.05, 4.69) is 19.1 Å². The highest BCUT2D eigenvalue weighted by Crippen LogP contribution is 2.07. The molecule has 0 spiro atoms. The molecule has 0 aliphatic rings. The molecular formula is C13H24O2. The van der Waals surface area contributed by atoms with Crippen molar-refractivity contribution in [1.82, 2.24) is 0 Å². The van der Waals surface area contributed by atoms with E-state index in [0.29, 0.717) is 6.42 Å². The highest BCUT2D eigenvalue weighted by Gasteiger charge is 1.95. The smallest absolute Gasteiger partial charge is 0.303 e. The second-order valence-electron chi connectivity index (χ2n) is 3.96. The van der Waals surface area contributed by atoms with Gasteiger partial charge in [0, 0.05) is 6.42 Å². The maximum atomic E-state index is 10.2. The quantitative estimate of drug-likeness (QED) is 0.436. The van der Waals surface area contributed by atoms with E-state index in [-0.39, 0.29) is 0 Å². The lowest BCUT2D eigenvalue weighted by Crippen LogP contribution is -1.93. The van der Waals surface area contributed by atoms with E-state index in [1.807, 2.05) is 0 Å². The van der Waals surface area contributed by atoms with Crippen molar-refractivity contribution in [1.29, 1.82) is 0 Å². The Morgan fingerprint density at radius 1 is 1.00 bits per heavy atom. The van der Waals surface area contributed by atoms with E-state index < -0.39 is 5.97 Å². The van der Waals surface area contributed by atoms with Gasteiger partial charge in [-0.05, 0) is 25.7 Å². The van der Waals surface area contributed by atoms with Gasteiger partial charge < -0.3 is 5.11 Å². The molecule has 0 unspecified atom stereocenters. The minimum absolute atomic E-state index is 0.330. The molecular weight excluding hydrogens is 188 g/mol. The zero-order valence-corrected chi connectivity index (χ0v) is 9.87. The SMILES string of the molecule is CCC/C=C\CCCCCCCC(=O)O. The Bertz CT molecular complexity index is 173. The number of hydrogen-bond acceptors (Lipinski definition) is 1. The third-order valence-corrected chi connectivity index (χ3v) is 2.38. The van der Waals surface area contributed by atoms with Crippen molar-refractivity contribution in [3.63, 3.8) is 0 Å². The summed E-state index contributed by atoms with van der Waals surface area (Å²) in [6.45, 7) is 2.19. The highest BCUT2D eigenvalue weighted by atomic mass is 16.4. The van der Waals surface area contributed by atoms with Crippen molar-refractivity contribution in [2.75, 3.05) is 0 Å². The molecule has 1 N–H and O–H groups in total. The van der Waals surface area contributed by atoms with Crippen LogP contribution in [0.15, 0.2) is 12.2 Å². The van der Waals surface area contributed by atoms with E-state index in [1.165, 1.54) is 38.5 Å². The first-order valence-corrected chi connectivity index (χ1v) is 6.14. The molecule has 0 aromatic rings. The van der Waals surface area contributed by atoms with Crippen molar-refractivity contribution < 1.29 is 9.90 Å². The second kappa shape index (κ2) is 11.3. The Morgan fingerprint density at radius 2 is 1.60 bits per heavy atom. The van der Waals surface area contributed by atoms with Crippen LogP contribution >= 0.6 is 0 Å². The Kier molecular flexibility index (Phi) is 10.7. The zero-order chi connectivity index (χ0) is 11.4. The minimum Gasteiger partial charge on any atom is -0.481 e. The summed E-state index contributed by atoms with van der Waals surface area (Å²) in [5.41, 5.74) is 0. The average molecular weight is 212 g/mol. The molecule has 0 bridgehead atoms. The Hall–Kier alpha value is -0.790. The first-order chi connectivity index (χ1) is 7.27. The van der Waals surface area contributed by atoms with Crippen LogP contribution < -0.4 is 0 Å². The third kappa shape index (κ3) is 13.2. The van der Waals surface area contributed by atoms with Crippen LogP contribution in [0.25, 0.3) is 0 Å². The molecule has 0 saturated heterocycles. The maximum absolute atomic E-state index is 10.2. The highest BCUT2D eigenvalue weighted by molar-refractivity contribution is 5.66. The van der Waals surface area contributed by atoms with Gasteiger partial charge in [-0.25, -0.2) is 0 Å². The molecule has 0 heterocycles. The van der Waals surface area contributed by atoms with Crippen molar-refractivity contribution in [3.05, 3.63) is 12.2 Å². The summed E-state index contributed by atoms with van der Waals surface area (Å²) >= 11 is 0. The lowest BCUT2D eigenvalue weighted by atomic mass is 10.1. The number of aliphatic carboxylic acids is 1. The molecule has 88 valence electrons. The van der Waals surface area contributed by atoms with Gasteiger partial charge in [0.1, 0.15) is 0 Å².